The molecule has 3 rings (SSSR count). The second kappa shape index (κ2) is 6.51. The number of carbonyl (C=O) groups excluding carboxylic acids is 1. The summed E-state index contributed by atoms with van der Waals surface area (Å²) in [5.41, 5.74) is 0.410. The molecule has 2 heterocycles. The molecule has 23 heavy (non-hydrogen) atoms. The number of hydrogen-bond acceptors (Lipinski definition) is 4. The molecule has 2 N–H and O–H groups in total. The van der Waals surface area contributed by atoms with Gasteiger partial charge in [-0.3, -0.25) is 14.6 Å². The van der Waals surface area contributed by atoms with Gasteiger partial charge in [0.25, 0.3) is 5.56 Å². The zero-order chi connectivity index (χ0) is 16.2. The Balaban J connectivity index is 1.60. The molecular formula is C16H18N4O3. The van der Waals surface area contributed by atoms with Gasteiger partial charge >= 0.3 is 5.69 Å². The van der Waals surface area contributed by atoms with Crippen LogP contribution in [0.4, 0.5) is 5.69 Å². The maximum absolute atomic E-state index is 12.3. The van der Waals surface area contributed by atoms with E-state index in [9.17, 15) is 14.4 Å². The number of aromatic nitrogens is 2. The molecule has 1 aliphatic rings. The van der Waals surface area contributed by atoms with Crippen molar-refractivity contribution < 1.29 is 4.79 Å². The van der Waals surface area contributed by atoms with Crippen LogP contribution in [0, 0.1) is 0 Å². The highest BCUT2D eigenvalue weighted by Crippen LogP contribution is 2.15. The van der Waals surface area contributed by atoms with E-state index in [4.69, 9.17) is 0 Å². The van der Waals surface area contributed by atoms with E-state index >= 15 is 0 Å². The predicted molar refractivity (Wildman–Crippen MR) is 86.6 cm³/mol. The summed E-state index contributed by atoms with van der Waals surface area (Å²) in [5.74, 6) is -0.0843. The second-order valence-corrected chi connectivity index (χ2v) is 5.49. The maximum atomic E-state index is 12.3. The molecule has 120 valence electrons. The molecule has 0 saturated carbocycles. The zero-order valence-electron chi connectivity index (χ0n) is 12.6. The second-order valence-electron chi connectivity index (χ2n) is 5.49. The summed E-state index contributed by atoms with van der Waals surface area (Å²) >= 11 is 0. The Morgan fingerprint density at radius 1 is 1.00 bits per heavy atom. The van der Waals surface area contributed by atoms with Crippen LogP contribution in [0.2, 0.25) is 0 Å². The van der Waals surface area contributed by atoms with Crippen molar-refractivity contribution in [2.24, 2.45) is 0 Å². The van der Waals surface area contributed by atoms with Gasteiger partial charge in [0.05, 0.1) is 6.42 Å². The summed E-state index contributed by atoms with van der Waals surface area (Å²) in [6.45, 7) is 2.78. The third-order valence-corrected chi connectivity index (χ3v) is 3.91. The Hall–Kier alpha value is -2.83. The average molecular weight is 314 g/mol. The molecule has 0 spiro atoms. The zero-order valence-corrected chi connectivity index (χ0v) is 12.6. The van der Waals surface area contributed by atoms with Gasteiger partial charge in [-0.1, -0.05) is 18.2 Å². The lowest BCUT2D eigenvalue weighted by Gasteiger charge is -2.36. The number of aromatic amines is 2. The molecule has 1 fully saturated rings. The topological polar surface area (TPSA) is 89.3 Å². The lowest BCUT2D eigenvalue weighted by atomic mass is 10.2. The van der Waals surface area contributed by atoms with Gasteiger partial charge in [-0.2, -0.15) is 0 Å². The summed E-state index contributed by atoms with van der Waals surface area (Å²) < 4.78 is 0. The molecular weight excluding hydrogens is 296 g/mol. The molecule has 0 unspecified atom stereocenters. The van der Waals surface area contributed by atoms with E-state index in [0.717, 1.165) is 18.8 Å². The van der Waals surface area contributed by atoms with Gasteiger partial charge in [0.2, 0.25) is 5.91 Å². The lowest BCUT2D eigenvalue weighted by molar-refractivity contribution is -0.130. The molecule has 1 saturated heterocycles. The van der Waals surface area contributed by atoms with Crippen molar-refractivity contribution in [3.63, 3.8) is 0 Å². The van der Waals surface area contributed by atoms with Crippen molar-refractivity contribution in [3.8, 4) is 0 Å². The number of nitrogens with zero attached hydrogens (tertiary/aromatic N) is 2. The van der Waals surface area contributed by atoms with Crippen LogP contribution in [0.25, 0.3) is 0 Å². The van der Waals surface area contributed by atoms with Gasteiger partial charge in [-0.05, 0) is 12.1 Å². The van der Waals surface area contributed by atoms with Crippen LogP contribution in [-0.4, -0.2) is 47.0 Å². The van der Waals surface area contributed by atoms with E-state index < -0.39 is 11.2 Å². The van der Waals surface area contributed by atoms with Crippen molar-refractivity contribution >= 4 is 11.6 Å². The van der Waals surface area contributed by atoms with Crippen LogP contribution >= 0.6 is 0 Å². The molecule has 0 aliphatic carbocycles. The van der Waals surface area contributed by atoms with E-state index in [2.05, 4.69) is 27.0 Å². The number of rotatable bonds is 3. The maximum Gasteiger partial charge on any atom is 0.325 e. The number of benzene rings is 1. The first-order valence-electron chi connectivity index (χ1n) is 7.52. The van der Waals surface area contributed by atoms with Crippen molar-refractivity contribution in [1.29, 1.82) is 0 Å². The number of amides is 1. The molecule has 0 bridgehead atoms. The van der Waals surface area contributed by atoms with Gasteiger partial charge in [-0.15, -0.1) is 0 Å². The van der Waals surface area contributed by atoms with Crippen LogP contribution in [-0.2, 0) is 11.2 Å². The minimum Gasteiger partial charge on any atom is -0.368 e. The Labute approximate surface area is 132 Å². The first-order valence-corrected chi connectivity index (χ1v) is 7.52. The average Bonchev–Trinajstić information content (AvgIpc) is 2.55. The van der Waals surface area contributed by atoms with E-state index in [-0.39, 0.29) is 12.3 Å². The van der Waals surface area contributed by atoms with Gasteiger partial charge in [0, 0.05) is 43.6 Å². The predicted octanol–water partition coefficient (Wildman–Crippen LogP) is -0.0455. The highest BCUT2D eigenvalue weighted by atomic mass is 16.2. The van der Waals surface area contributed by atoms with E-state index in [1.807, 2.05) is 18.2 Å². The van der Waals surface area contributed by atoms with Gasteiger partial charge in [-0.25, -0.2) is 4.79 Å². The normalized spacial score (nSPS) is 14.8. The number of carbonyl (C=O) groups is 1. The molecule has 2 aromatic rings. The quantitative estimate of drug-likeness (QED) is 0.831. The fourth-order valence-corrected chi connectivity index (χ4v) is 2.74. The van der Waals surface area contributed by atoms with Gasteiger partial charge < -0.3 is 14.8 Å². The van der Waals surface area contributed by atoms with Crippen LogP contribution in [0.3, 0.4) is 0 Å². The smallest absolute Gasteiger partial charge is 0.325 e. The molecule has 1 aliphatic heterocycles. The molecule has 1 amide bonds. The minimum atomic E-state index is -0.589. The van der Waals surface area contributed by atoms with Gasteiger partial charge in [0.15, 0.2) is 0 Å². The summed E-state index contributed by atoms with van der Waals surface area (Å²) in [4.78, 5) is 43.4. The first-order chi connectivity index (χ1) is 11.1. The molecule has 1 aromatic heterocycles. The van der Waals surface area contributed by atoms with E-state index in [1.54, 1.807) is 4.90 Å². The summed E-state index contributed by atoms with van der Waals surface area (Å²) in [6, 6.07) is 11.3. The Morgan fingerprint density at radius 2 is 1.70 bits per heavy atom. The SMILES string of the molecule is O=C(Cc1cc(=O)[nH]c(=O)[nH]1)N1CCN(c2ccccc2)CC1. The van der Waals surface area contributed by atoms with Gasteiger partial charge in [0.1, 0.15) is 0 Å². The van der Waals surface area contributed by atoms with Crippen molar-refractivity contribution in [2.45, 2.75) is 6.42 Å². The van der Waals surface area contributed by atoms with Crippen molar-refractivity contribution in [2.75, 3.05) is 31.1 Å². The molecule has 7 nitrogen and oxygen atoms in total. The summed E-state index contributed by atoms with van der Waals surface area (Å²) in [5, 5.41) is 0. The molecule has 1 aromatic carbocycles. The lowest BCUT2D eigenvalue weighted by Crippen LogP contribution is -2.49. The Bertz CT molecular complexity index is 760. The standard InChI is InChI=1S/C16H18N4O3/c21-14-10-12(17-16(23)18-14)11-15(22)20-8-6-19(7-9-20)13-4-2-1-3-5-13/h1-5,10H,6-9,11H2,(H2,17,18,21,23). The fraction of sp³-hybridized carbons (Fsp3) is 0.312. The number of para-hydroxylation sites is 1. The van der Waals surface area contributed by atoms with Crippen LogP contribution < -0.4 is 16.1 Å². The van der Waals surface area contributed by atoms with E-state index in [0.29, 0.717) is 18.8 Å². The summed E-state index contributed by atoms with van der Waals surface area (Å²) in [7, 11) is 0. The number of anilines is 1. The summed E-state index contributed by atoms with van der Waals surface area (Å²) in [6.07, 6.45) is 0.0322. The number of nitrogens with one attached hydrogen (secondary N) is 2. The third kappa shape index (κ3) is 3.68. The van der Waals surface area contributed by atoms with Crippen LogP contribution in [0.15, 0.2) is 46.0 Å². The highest BCUT2D eigenvalue weighted by molar-refractivity contribution is 5.78. The molecule has 0 atom stereocenters. The third-order valence-electron chi connectivity index (χ3n) is 3.91. The fourth-order valence-electron chi connectivity index (χ4n) is 2.74. The Morgan fingerprint density at radius 3 is 2.35 bits per heavy atom. The number of piperazine rings is 1. The number of hydrogen-bond donors (Lipinski definition) is 2. The van der Waals surface area contributed by atoms with E-state index in [1.165, 1.54) is 6.07 Å². The molecule has 7 heteroatoms. The minimum absolute atomic E-state index is 0.0322. The highest BCUT2D eigenvalue weighted by Gasteiger charge is 2.21. The van der Waals surface area contributed by atoms with Crippen LogP contribution in [0.1, 0.15) is 5.69 Å². The molecule has 0 radical (unpaired) electrons. The largest absolute Gasteiger partial charge is 0.368 e. The van der Waals surface area contributed by atoms with Crippen molar-refractivity contribution in [3.05, 3.63) is 62.9 Å². The Kier molecular flexibility index (Phi) is 4.27. The number of H-pyrrole nitrogens is 2. The van der Waals surface area contributed by atoms with Crippen molar-refractivity contribution in [1.82, 2.24) is 14.9 Å². The first kappa shape index (κ1) is 15.1. The monoisotopic (exact) mass is 314 g/mol. The van der Waals surface area contributed by atoms with Crippen LogP contribution in [0.5, 0.6) is 0 Å².